The summed E-state index contributed by atoms with van der Waals surface area (Å²) in [6.07, 6.45) is 0. The lowest BCUT2D eigenvalue weighted by Crippen LogP contribution is -2.17. The molecule has 2 aromatic heterocycles. The molecular weight excluding hydrogens is 260 g/mol. The zero-order valence-corrected chi connectivity index (χ0v) is 11.9. The van der Waals surface area contributed by atoms with Crippen LogP contribution in [0.4, 0.5) is 0 Å². The van der Waals surface area contributed by atoms with E-state index in [0.29, 0.717) is 0 Å². The lowest BCUT2D eigenvalue weighted by Gasteiger charge is -2.16. The largest absolute Gasteiger partial charge is 0.309 e. The van der Waals surface area contributed by atoms with E-state index in [2.05, 4.69) is 46.9 Å². The summed E-state index contributed by atoms with van der Waals surface area (Å²) < 4.78 is 1.37. The Balaban J connectivity index is 2.17. The molecule has 18 heavy (non-hydrogen) atoms. The molecule has 0 bridgehead atoms. The average molecular weight is 274 g/mol. The van der Waals surface area contributed by atoms with Gasteiger partial charge < -0.3 is 5.32 Å². The second-order valence-electron chi connectivity index (χ2n) is 4.21. The van der Waals surface area contributed by atoms with Gasteiger partial charge in [0.1, 0.15) is 0 Å². The minimum Gasteiger partial charge on any atom is -0.309 e. The third kappa shape index (κ3) is 1.86. The van der Waals surface area contributed by atoms with Crippen LogP contribution in [0.15, 0.2) is 35.2 Å². The van der Waals surface area contributed by atoms with Crippen LogP contribution in [0.3, 0.4) is 0 Å². The van der Waals surface area contributed by atoms with Crippen molar-refractivity contribution in [3.8, 4) is 0 Å². The fourth-order valence-corrected chi connectivity index (χ4v) is 4.13. The normalized spacial score (nSPS) is 13.0. The number of thiophene rings is 1. The number of rotatable bonds is 3. The first-order valence-corrected chi connectivity index (χ1v) is 7.60. The SMILES string of the molecule is CNC(c1scnc1C)c1cccc2ccsc12. The average Bonchev–Trinajstić information content (AvgIpc) is 3.00. The maximum Gasteiger partial charge on any atom is 0.0798 e. The van der Waals surface area contributed by atoms with Crippen LogP contribution in [0.5, 0.6) is 0 Å². The Bertz CT molecular complexity index is 669. The minimum atomic E-state index is 0.236. The van der Waals surface area contributed by atoms with Crippen molar-refractivity contribution in [2.45, 2.75) is 13.0 Å². The van der Waals surface area contributed by atoms with Gasteiger partial charge in [-0.05, 0) is 36.4 Å². The van der Waals surface area contributed by atoms with E-state index in [1.165, 1.54) is 20.5 Å². The second-order valence-corrected chi connectivity index (χ2v) is 6.01. The highest BCUT2D eigenvalue weighted by Crippen LogP contribution is 2.34. The molecule has 4 heteroatoms. The van der Waals surface area contributed by atoms with E-state index in [1.807, 2.05) is 12.6 Å². The molecule has 0 saturated carbocycles. The van der Waals surface area contributed by atoms with E-state index in [-0.39, 0.29) is 6.04 Å². The molecule has 0 fully saturated rings. The van der Waals surface area contributed by atoms with Crippen molar-refractivity contribution >= 4 is 32.8 Å². The Hall–Kier alpha value is -1.23. The molecule has 2 nitrogen and oxygen atoms in total. The Morgan fingerprint density at radius 1 is 1.22 bits per heavy atom. The number of benzene rings is 1. The quantitative estimate of drug-likeness (QED) is 0.781. The summed E-state index contributed by atoms with van der Waals surface area (Å²) in [7, 11) is 2.01. The van der Waals surface area contributed by atoms with Gasteiger partial charge in [0, 0.05) is 9.58 Å². The van der Waals surface area contributed by atoms with Gasteiger partial charge in [-0.3, -0.25) is 0 Å². The minimum absolute atomic E-state index is 0.236. The smallest absolute Gasteiger partial charge is 0.0798 e. The van der Waals surface area contributed by atoms with E-state index < -0.39 is 0 Å². The molecule has 0 aliphatic heterocycles. The van der Waals surface area contributed by atoms with Gasteiger partial charge in [0.25, 0.3) is 0 Å². The predicted octanol–water partition coefficient (Wildman–Crippen LogP) is 3.98. The van der Waals surface area contributed by atoms with Crippen molar-refractivity contribution in [3.05, 3.63) is 51.3 Å². The van der Waals surface area contributed by atoms with Gasteiger partial charge in [0.2, 0.25) is 0 Å². The highest BCUT2D eigenvalue weighted by atomic mass is 32.1. The van der Waals surface area contributed by atoms with Crippen LogP contribution in [0.25, 0.3) is 10.1 Å². The Kier molecular flexibility index (Phi) is 3.16. The first-order chi connectivity index (χ1) is 8.81. The number of aromatic nitrogens is 1. The number of thiazole rings is 1. The van der Waals surface area contributed by atoms with Crippen LogP contribution in [0.1, 0.15) is 22.2 Å². The summed E-state index contributed by atoms with van der Waals surface area (Å²) in [4.78, 5) is 5.66. The van der Waals surface area contributed by atoms with Crippen molar-refractivity contribution in [2.24, 2.45) is 0 Å². The second kappa shape index (κ2) is 4.80. The Morgan fingerprint density at radius 3 is 2.83 bits per heavy atom. The van der Waals surface area contributed by atoms with Gasteiger partial charge in [-0.1, -0.05) is 18.2 Å². The zero-order valence-electron chi connectivity index (χ0n) is 10.3. The van der Waals surface area contributed by atoms with Crippen LogP contribution < -0.4 is 5.32 Å². The third-order valence-electron chi connectivity index (χ3n) is 3.15. The topological polar surface area (TPSA) is 24.9 Å². The molecule has 1 N–H and O–H groups in total. The van der Waals surface area contributed by atoms with Crippen LogP contribution in [0.2, 0.25) is 0 Å². The molecule has 0 aliphatic rings. The van der Waals surface area contributed by atoms with E-state index >= 15 is 0 Å². The van der Waals surface area contributed by atoms with Crippen molar-refractivity contribution < 1.29 is 0 Å². The van der Waals surface area contributed by atoms with Crippen molar-refractivity contribution in [3.63, 3.8) is 0 Å². The Morgan fingerprint density at radius 2 is 2.11 bits per heavy atom. The highest BCUT2D eigenvalue weighted by Gasteiger charge is 2.18. The summed E-state index contributed by atoms with van der Waals surface area (Å²) in [5.74, 6) is 0. The van der Waals surface area contributed by atoms with Gasteiger partial charge in [-0.25, -0.2) is 4.98 Å². The number of hydrogen-bond acceptors (Lipinski definition) is 4. The molecule has 0 amide bonds. The fourth-order valence-electron chi connectivity index (χ4n) is 2.26. The summed E-state index contributed by atoms with van der Waals surface area (Å²) >= 11 is 3.52. The first kappa shape index (κ1) is 11.8. The first-order valence-electron chi connectivity index (χ1n) is 5.84. The van der Waals surface area contributed by atoms with E-state index in [1.54, 1.807) is 22.7 Å². The highest BCUT2D eigenvalue weighted by molar-refractivity contribution is 7.17. The molecule has 0 radical (unpaired) electrons. The molecule has 1 aromatic carbocycles. The van der Waals surface area contributed by atoms with Gasteiger partial charge in [-0.15, -0.1) is 22.7 Å². The summed E-state index contributed by atoms with van der Waals surface area (Å²) in [5.41, 5.74) is 4.38. The van der Waals surface area contributed by atoms with E-state index in [9.17, 15) is 0 Å². The zero-order chi connectivity index (χ0) is 12.5. The fraction of sp³-hybridized carbons (Fsp3) is 0.214. The monoisotopic (exact) mass is 274 g/mol. The number of nitrogens with one attached hydrogen (secondary N) is 1. The Labute approximate surface area is 114 Å². The van der Waals surface area contributed by atoms with Gasteiger partial charge in [0.05, 0.1) is 17.2 Å². The number of aryl methyl sites for hydroxylation is 1. The molecule has 2 heterocycles. The maximum absolute atomic E-state index is 4.36. The third-order valence-corrected chi connectivity index (χ3v) is 5.13. The molecule has 92 valence electrons. The summed E-state index contributed by atoms with van der Waals surface area (Å²) in [6, 6.07) is 8.92. The lowest BCUT2D eigenvalue weighted by molar-refractivity contribution is 0.703. The van der Waals surface area contributed by atoms with Gasteiger partial charge in [-0.2, -0.15) is 0 Å². The molecule has 0 spiro atoms. The standard InChI is InChI=1S/C14H14N2S2/c1-9-13(18-8-16-9)12(15-2)11-5-3-4-10-6-7-17-14(10)11/h3-8,12,15H,1-2H3. The number of hydrogen-bond donors (Lipinski definition) is 1. The van der Waals surface area contributed by atoms with Gasteiger partial charge in [0.15, 0.2) is 0 Å². The van der Waals surface area contributed by atoms with E-state index in [0.717, 1.165) is 5.69 Å². The molecule has 1 atom stereocenters. The van der Waals surface area contributed by atoms with Crippen LogP contribution in [-0.4, -0.2) is 12.0 Å². The van der Waals surface area contributed by atoms with Crippen LogP contribution in [-0.2, 0) is 0 Å². The summed E-state index contributed by atoms with van der Waals surface area (Å²) in [5, 5.41) is 6.89. The molecule has 0 saturated heterocycles. The van der Waals surface area contributed by atoms with Crippen LogP contribution in [0, 0.1) is 6.92 Å². The number of fused-ring (bicyclic) bond motifs is 1. The molecule has 3 aromatic rings. The van der Waals surface area contributed by atoms with Crippen LogP contribution >= 0.6 is 22.7 Å². The summed E-state index contributed by atoms with van der Waals surface area (Å²) in [6.45, 7) is 2.07. The molecule has 3 rings (SSSR count). The lowest BCUT2D eigenvalue weighted by atomic mass is 10.0. The van der Waals surface area contributed by atoms with E-state index in [4.69, 9.17) is 0 Å². The molecular formula is C14H14N2S2. The number of nitrogens with zero attached hydrogens (tertiary/aromatic N) is 1. The molecule has 0 aliphatic carbocycles. The van der Waals surface area contributed by atoms with Crippen molar-refractivity contribution in [1.82, 2.24) is 10.3 Å². The molecule has 1 unspecified atom stereocenters. The van der Waals surface area contributed by atoms with Gasteiger partial charge >= 0.3 is 0 Å². The van der Waals surface area contributed by atoms with Crippen molar-refractivity contribution in [2.75, 3.05) is 7.05 Å². The van der Waals surface area contributed by atoms with Crippen molar-refractivity contribution in [1.29, 1.82) is 0 Å². The maximum atomic E-state index is 4.36. The predicted molar refractivity (Wildman–Crippen MR) is 79.6 cm³/mol.